The average molecular weight is 214 g/mol. The van der Waals surface area contributed by atoms with E-state index in [2.05, 4.69) is 12.2 Å². The minimum Gasteiger partial charge on any atom is -0.310 e. The largest absolute Gasteiger partial charge is 0.310 e. The summed E-state index contributed by atoms with van der Waals surface area (Å²) in [4.78, 5) is 0. The van der Waals surface area contributed by atoms with Crippen LogP contribution >= 0.6 is 11.6 Å². The summed E-state index contributed by atoms with van der Waals surface area (Å²) in [5, 5.41) is 3.55. The molecule has 1 N–H and O–H groups in total. The molecule has 1 saturated heterocycles. The molecule has 2 rings (SSSR count). The quantitative estimate of drug-likeness (QED) is 0.756. The highest BCUT2D eigenvalue weighted by molar-refractivity contribution is 6.30. The molecule has 1 fully saturated rings. The fourth-order valence-corrected chi connectivity index (χ4v) is 2.01. The van der Waals surface area contributed by atoms with Crippen LogP contribution in [-0.2, 0) is 0 Å². The van der Waals surface area contributed by atoms with E-state index in [0.717, 1.165) is 18.5 Å². The molecule has 0 bridgehead atoms. The van der Waals surface area contributed by atoms with Crippen molar-refractivity contribution in [2.75, 3.05) is 6.54 Å². The maximum atomic E-state index is 13.2. The minimum atomic E-state index is -0.328. The lowest BCUT2D eigenvalue weighted by Crippen LogP contribution is -2.13. The van der Waals surface area contributed by atoms with Gasteiger partial charge >= 0.3 is 0 Å². The Morgan fingerprint density at radius 2 is 2.29 bits per heavy atom. The van der Waals surface area contributed by atoms with Crippen LogP contribution in [0.4, 0.5) is 4.39 Å². The summed E-state index contributed by atoms with van der Waals surface area (Å²) in [5.74, 6) is 0.337. The summed E-state index contributed by atoms with van der Waals surface area (Å²) in [6, 6.07) is 5.33. The number of hydrogen-bond acceptors (Lipinski definition) is 1. The minimum absolute atomic E-state index is 0.194. The number of hydrogen-bond donors (Lipinski definition) is 1. The van der Waals surface area contributed by atoms with Crippen molar-refractivity contribution in [3.63, 3.8) is 0 Å². The van der Waals surface area contributed by atoms with E-state index in [1.807, 2.05) is 6.07 Å². The molecular weight excluding hydrogens is 201 g/mol. The van der Waals surface area contributed by atoms with E-state index >= 15 is 0 Å². The Morgan fingerprint density at radius 3 is 2.86 bits per heavy atom. The van der Waals surface area contributed by atoms with Crippen molar-refractivity contribution in [3.05, 3.63) is 34.6 Å². The van der Waals surface area contributed by atoms with Gasteiger partial charge in [-0.3, -0.25) is 0 Å². The molecule has 0 aromatic heterocycles. The van der Waals surface area contributed by atoms with Gasteiger partial charge in [-0.05, 0) is 36.6 Å². The van der Waals surface area contributed by atoms with E-state index in [4.69, 9.17) is 11.6 Å². The third-order valence-electron chi connectivity index (χ3n) is 2.70. The number of benzene rings is 1. The van der Waals surface area contributed by atoms with E-state index in [0.29, 0.717) is 5.92 Å². The van der Waals surface area contributed by atoms with Crippen molar-refractivity contribution in [1.29, 1.82) is 0 Å². The lowest BCUT2D eigenvalue weighted by molar-refractivity contribution is 0.594. The molecule has 1 aliphatic rings. The van der Waals surface area contributed by atoms with Gasteiger partial charge in [0.25, 0.3) is 0 Å². The molecule has 0 unspecified atom stereocenters. The molecule has 2 atom stereocenters. The Kier molecular flexibility index (Phi) is 2.75. The normalized spacial score (nSPS) is 26.8. The maximum Gasteiger partial charge on any atom is 0.142 e. The molecule has 1 nitrogen and oxygen atoms in total. The summed E-state index contributed by atoms with van der Waals surface area (Å²) in [7, 11) is 0. The van der Waals surface area contributed by atoms with Crippen LogP contribution in [0.5, 0.6) is 0 Å². The summed E-state index contributed by atoms with van der Waals surface area (Å²) in [6.45, 7) is 3.20. The van der Waals surface area contributed by atoms with Crippen LogP contribution in [-0.4, -0.2) is 6.54 Å². The molecule has 1 aromatic carbocycles. The van der Waals surface area contributed by atoms with Gasteiger partial charge in [-0.25, -0.2) is 4.39 Å². The fraction of sp³-hybridized carbons (Fsp3) is 0.455. The van der Waals surface area contributed by atoms with Crippen LogP contribution in [0.25, 0.3) is 0 Å². The van der Waals surface area contributed by atoms with Crippen molar-refractivity contribution in [3.8, 4) is 0 Å². The molecule has 0 radical (unpaired) electrons. The monoisotopic (exact) mass is 213 g/mol. The van der Waals surface area contributed by atoms with Crippen LogP contribution < -0.4 is 5.32 Å². The second kappa shape index (κ2) is 3.87. The van der Waals surface area contributed by atoms with E-state index in [1.165, 1.54) is 6.07 Å². The number of rotatable bonds is 1. The molecule has 0 spiro atoms. The highest BCUT2D eigenvalue weighted by Crippen LogP contribution is 2.28. The van der Waals surface area contributed by atoms with E-state index in [1.54, 1.807) is 6.07 Å². The summed E-state index contributed by atoms with van der Waals surface area (Å²) < 4.78 is 13.2. The molecule has 1 heterocycles. The van der Waals surface area contributed by atoms with E-state index < -0.39 is 0 Å². The molecule has 3 heteroatoms. The topological polar surface area (TPSA) is 12.0 Å². The van der Waals surface area contributed by atoms with Crippen LogP contribution in [0.15, 0.2) is 18.2 Å². The van der Waals surface area contributed by atoms with Gasteiger partial charge in [0.15, 0.2) is 0 Å². The molecule has 0 amide bonds. The number of halogens is 2. The van der Waals surface area contributed by atoms with Crippen molar-refractivity contribution in [2.24, 2.45) is 5.92 Å². The highest BCUT2D eigenvalue weighted by atomic mass is 35.5. The molecular formula is C11H13ClFN. The Bertz CT molecular complexity index is 340. The third-order valence-corrected chi connectivity index (χ3v) is 3.00. The van der Waals surface area contributed by atoms with E-state index in [9.17, 15) is 4.39 Å². The van der Waals surface area contributed by atoms with Gasteiger partial charge in [-0.2, -0.15) is 0 Å². The molecule has 0 aliphatic carbocycles. The summed E-state index contributed by atoms with van der Waals surface area (Å²) >= 11 is 5.62. The lowest BCUT2D eigenvalue weighted by atomic mass is 10.0. The third kappa shape index (κ3) is 1.91. The SMILES string of the molecule is C[C@@H]1CN[C@H](c2ccc(Cl)c(F)c2)C1. The van der Waals surface area contributed by atoms with Crippen molar-refractivity contribution in [1.82, 2.24) is 5.32 Å². The zero-order valence-electron chi connectivity index (χ0n) is 8.06. The second-order valence-corrected chi connectivity index (χ2v) is 4.38. The van der Waals surface area contributed by atoms with Crippen LogP contribution in [0.2, 0.25) is 5.02 Å². The first-order valence-electron chi connectivity index (χ1n) is 4.85. The predicted octanol–water partition coefficient (Wildman–Crippen LogP) is 3.15. The zero-order valence-corrected chi connectivity index (χ0v) is 8.81. The molecule has 14 heavy (non-hydrogen) atoms. The Labute approximate surface area is 88.3 Å². The van der Waals surface area contributed by atoms with Gasteiger partial charge in [-0.1, -0.05) is 24.6 Å². The van der Waals surface area contributed by atoms with Gasteiger partial charge in [-0.15, -0.1) is 0 Å². The summed E-state index contributed by atoms with van der Waals surface area (Å²) in [6.07, 6.45) is 1.07. The number of nitrogens with one attached hydrogen (secondary N) is 1. The average Bonchev–Trinajstić information content (AvgIpc) is 2.57. The molecule has 0 saturated carbocycles. The zero-order chi connectivity index (χ0) is 10.1. The van der Waals surface area contributed by atoms with Crippen molar-refractivity contribution in [2.45, 2.75) is 19.4 Å². The van der Waals surface area contributed by atoms with E-state index in [-0.39, 0.29) is 16.9 Å². The van der Waals surface area contributed by atoms with Gasteiger partial charge in [0.1, 0.15) is 5.82 Å². The lowest BCUT2D eigenvalue weighted by Gasteiger charge is -2.10. The molecule has 76 valence electrons. The predicted molar refractivity (Wildman–Crippen MR) is 55.9 cm³/mol. The standard InChI is InChI=1S/C11H13ClFN/c1-7-4-11(14-6-7)8-2-3-9(12)10(13)5-8/h2-3,5,7,11,14H,4,6H2,1H3/t7-,11-/m0/s1. The van der Waals surface area contributed by atoms with Gasteiger partial charge < -0.3 is 5.32 Å². The molecule has 1 aliphatic heterocycles. The first-order chi connectivity index (χ1) is 6.66. The first kappa shape index (κ1) is 9.94. The second-order valence-electron chi connectivity index (χ2n) is 3.98. The Balaban J connectivity index is 2.20. The van der Waals surface area contributed by atoms with Crippen LogP contribution in [0.1, 0.15) is 24.9 Å². The Hall–Kier alpha value is -0.600. The maximum absolute atomic E-state index is 13.2. The van der Waals surface area contributed by atoms with Gasteiger partial charge in [0, 0.05) is 6.04 Å². The summed E-state index contributed by atoms with van der Waals surface area (Å²) in [5.41, 5.74) is 0.997. The van der Waals surface area contributed by atoms with Crippen molar-refractivity contribution >= 4 is 11.6 Å². The van der Waals surface area contributed by atoms with Crippen LogP contribution in [0, 0.1) is 11.7 Å². The van der Waals surface area contributed by atoms with Crippen LogP contribution in [0.3, 0.4) is 0 Å². The smallest absolute Gasteiger partial charge is 0.142 e. The fourth-order valence-electron chi connectivity index (χ4n) is 1.90. The Morgan fingerprint density at radius 1 is 1.50 bits per heavy atom. The first-order valence-corrected chi connectivity index (χ1v) is 5.23. The van der Waals surface area contributed by atoms with Crippen molar-refractivity contribution < 1.29 is 4.39 Å². The molecule has 1 aromatic rings. The van der Waals surface area contributed by atoms with Gasteiger partial charge in [0.2, 0.25) is 0 Å². The highest BCUT2D eigenvalue weighted by Gasteiger charge is 2.22. The van der Waals surface area contributed by atoms with Gasteiger partial charge in [0.05, 0.1) is 5.02 Å².